The lowest BCUT2D eigenvalue weighted by Gasteiger charge is -2.20. The standard InChI is InChI=1S/C14H16O4/c1-14(2,13(16)17)10-5-3-4-9(8-10)12(15)18-11-6-7-11/h3-5,8,11H,6-7H2,1-2H3,(H,16,17). The minimum absolute atomic E-state index is 0.0497. The maximum Gasteiger partial charge on any atom is 0.338 e. The van der Waals surface area contributed by atoms with E-state index in [0.717, 1.165) is 12.8 Å². The predicted octanol–water partition coefficient (Wildman–Crippen LogP) is 2.37. The van der Waals surface area contributed by atoms with Crippen LogP contribution in [0.15, 0.2) is 24.3 Å². The van der Waals surface area contributed by atoms with Gasteiger partial charge in [-0.25, -0.2) is 4.79 Å². The van der Waals surface area contributed by atoms with Crippen molar-refractivity contribution in [2.24, 2.45) is 0 Å². The SMILES string of the molecule is CC(C)(C(=O)O)c1cccc(C(=O)OC2CC2)c1. The monoisotopic (exact) mass is 248 g/mol. The number of carboxylic acids is 1. The van der Waals surface area contributed by atoms with Crippen molar-refractivity contribution < 1.29 is 19.4 Å². The summed E-state index contributed by atoms with van der Waals surface area (Å²) in [4.78, 5) is 22.9. The van der Waals surface area contributed by atoms with E-state index in [1.807, 2.05) is 0 Å². The van der Waals surface area contributed by atoms with E-state index in [4.69, 9.17) is 9.84 Å². The van der Waals surface area contributed by atoms with Crippen LogP contribution in [0.25, 0.3) is 0 Å². The molecule has 0 aromatic heterocycles. The van der Waals surface area contributed by atoms with E-state index >= 15 is 0 Å². The summed E-state index contributed by atoms with van der Waals surface area (Å²) in [6, 6.07) is 6.64. The summed E-state index contributed by atoms with van der Waals surface area (Å²) >= 11 is 0. The second-order valence-electron chi connectivity index (χ2n) is 5.12. The highest BCUT2D eigenvalue weighted by atomic mass is 16.5. The van der Waals surface area contributed by atoms with Gasteiger partial charge in [-0.15, -0.1) is 0 Å². The highest BCUT2D eigenvalue weighted by Crippen LogP contribution is 2.27. The molecule has 0 aliphatic heterocycles. The van der Waals surface area contributed by atoms with E-state index in [-0.39, 0.29) is 12.1 Å². The van der Waals surface area contributed by atoms with Crippen LogP contribution in [0, 0.1) is 0 Å². The zero-order chi connectivity index (χ0) is 13.3. The predicted molar refractivity (Wildman–Crippen MR) is 65.5 cm³/mol. The zero-order valence-electron chi connectivity index (χ0n) is 10.5. The maximum atomic E-state index is 11.8. The van der Waals surface area contributed by atoms with Gasteiger partial charge < -0.3 is 9.84 Å². The molecule has 0 amide bonds. The molecule has 0 radical (unpaired) electrons. The van der Waals surface area contributed by atoms with E-state index in [9.17, 15) is 9.59 Å². The number of hydrogen-bond donors (Lipinski definition) is 1. The van der Waals surface area contributed by atoms with Gasteiger partial charge in [-0.2, -0.15) is 0 Å². The molecule has 4 heteroatoms. The molecule has 1 aromatic rings. The first-order valence-electron chi connectivity index (χ1n) is 5.96. The van der Waals surface area contributed by atoms with Gasteiger partial charge in [-0.1, -0.05) is 12.1 Å². The normalized spacial score (nSPS) is 15.2. The number of carboxylic acid groups (broad SMARTS) is 1. The molecule has 96 valence electrons. The van der Waals surface area contributed by atoms with Crippen LogP contribution in [-0.4, -0.2) is 23.1 Å². The molecule has 1 aromatic carbocycles. The molecule has 2 rings (SSSR count). The number of carbonyl (C=O) groups is 2. The molecule has 1 aliphatic carbocycles. The summed E-state index contributed by atoms with van der Waals surface area (Å²) in [5, 5.41) is 9.16. The van der Waals surface area contributed by atoms with E-state index in [2.05, 4.69) is 0 Å². The fraction of sp³-hybridized carbons (Fsp3) is 0.429. The van der Waals surface area contributed by atoms with Crippen LogP contribution in [0.5, 0.6) is 0 Å². The summed E-state index contributed by atoms with van der Waals surface area (Å²) in [5.41, 5.74) is -0.00968. The Bertz CT molecular complexity index is 486. The van der Waals surface area contributed by atoms with E-state index < -0.39 is 11.4 Å². The van der Waals surface area contributed by atoms with Crippen molar-refractivity contribution in [3.8, 4) is 0 Å². The van der Waals surface area contributed by atoms with Crippen molar-refractivity contribution in [3.05, 3.63) is 35.4 Å². The van der Waals surface area contributed by atoms with Crippen molar-refractivity contribution in [2.45, 2.75) is 38.2 Å². The van der Waals surface area contributed by atoms with Crippen LogP contribution in [-0.2, 0) is 14.9 Å². The fourth-order valence-corrected chi connectivity index (χ4v) is 1.56. The van der Waals surface area contributed by atoms with Crippen molar-refractivity contribution in [2.75, 3.05) is 0 Å². The third-order valence-electron chi connectivity index (χ3n) is 3.15. The molecule has 0 bridgehead atoms. The van der Waals surface area contributed by atoms with Crippen molar-refractivity contribution >= 4 is 11.9 Å². The molecule has 0 atom stereocenters. The van der Waals surface area contributed by atoms with E-state index in [1.54, 1.807) is 38.1 Å². The second-order valence-corrected chi connectivity index (χ2v) is 5.12. The van der Waals surface area contributed by atoms with E-state index in [0.29, 0.717) is 11.1 Å². The van der Waals surface area contributed by atoms with Gasteiger partial charge in [0.15, 0.2) is 0 Å². The van der Waals surface area contributed by atoms with Gasteiger partial charge in [0.05, 0.1) is 11.0 Å². The molecular formula is C14H16O4. The first kappa shape index (κ1) is 12.6. The Balaban J connectivity index is 2.23. The molecule has 0 saturated heterocycles. The first-order chi connectivity index (χ1) is 8.41. The summed E-state index contributed by atoms with van der Waals surface area (Å²) < 4.78 is 5.19. The lowest BCUT2D eigenvalue weighted by atomic mass is 9.84. The third kappa shape index (κ3) is 2.53. The molecule has 18 heavy (non-hydrogen) atoms. The summed E-state index contributed by atoms with van der Waals surface area (Å²) in [6.45, 7) is 3.22. The Hall–Kier alpha value is -1.84. The van der Waals surface area contributed by atoms with Gasteiger partial charge in [0.2, 0.25) is 0 Å². The molecular weight excluding hydrogens is 232 g/mol. The molecule has 4 nitrogen and oxygen atoms in total. The summed E-state index contributed by atoms with van der Waals surface area (Å²) in [7, 11) is 0. The smallest absolute Gasteiger partial charge is 0.338 e. The Kier molecular flexibility index (Phi) is 3.11. The van der Waals surface area contributed by atoms with Gasteiger partial charge in [0, 0.05) is 0 Å². The highest BCUT2D eigenvalue weighted by Gasteiger charge is 2.31. The lowest BCUT2D eigenvalue weighted by Crippen LogP contribution is -2.28. The van der Waals surface area contributed by atoms with Crippen LogP contribution in [0.2, 0.25) is 0 Å². The molecule has 0 heterocycles. The molecule has 1 fully saturated rings. The van der Waals surface area contributed by atoms with Crippen molar-refractivity contribution in [3.63, 3.8) is 0 Å². The minimum Gasteiger partial charge on any atom is -0.481 e. The number of aliphatic carboxylic acids is 1. The van der Waals surface area contributed by atoms with Crippen molar-refractivity contribution in [1.29, 1.82) is 0 Å². The zero-order valence-corrected chi connectivity index (χ0v) is 10.5. The molecule has 0 unspecified atom stereocenters. The fourth-order valence-electron chi connectivity index (χ4n) is 1.56. The number of esters is 1. The average molecular weight is 248 g/mol. The first-order valence-corrected chi connectivity index (χ1v) is 5.96. The molecule has 0 spiro atoms. The van der Waals surface area contributed by atoms with Gasteiger partial charge in [-0.05, 0) is 44.4 Å². The molecule has 1 aliphatic rings. The Labute approximate surface area is 106 Å². The van der Waals surface area contributed by atoms with Crippen LogP contribution in [0.3, 0.4) is 0 Å². The largest absolute Gasteiger partial charge is 0.481 e. The Morgan fingerprint density at radius 2 is 2.00 bits per heavy atom. The quantitative estimate of drug-likeness (QED) is 0.831. The van der Waals surface area contributed by atoms with Gasteiger partial charge in [-0.3, -0.25) is 4.79 Å². The van der Waals surface area contributed by atoms with Gasteiger partial charge >= 0.3 is 11.9 Å². The maximum absolute atomic E-state index is 11.8. The van der Waals surface area contributed by atoms with Crippen LogP contribution in [0.4, 0.5) is 0 Å². The molecule has 1 N–H and O–H groups in total. The number of carbonyl (C=O) groups excluding carboxylic acids is 1. The van der Waals surface area contributed by atoms with Crippen LogP contribution in [0.1, 0.15) is 42.6 Å². The lowest BCUT2D eigenvalue weighted by molar-refractivity contribution is -0.142. The number of benzene rings is 1. The topological polar surface area (TPSA) is 63.6 Å². The molecule has 1 saturated carbocycles. The Morgan fingerprint density at radius 1 is 1.33 bits per heavy atom. The summed E-state index contributed by atoms with van der Waals surface area (Å²) in [5.74, 6) is -1.30. The third-order valence-corrected chi connectivity index (χ3v) is 3.15. The van der Waals surface area contributed by atoms with E-state index in [1.165, 1.54) is 0 Å². The summed E-state index contributed by atoms with van der Waals surface area (Å²) in [6.07, 6.45) is 1.90. The second kappa shape index (κ2) is 4.44. The van der Waals surface area contributed by atoms with Gasteiger partial charge in [0.1, 0.15) is 6.10 Å². The van der Waals surface area contributed by atoms with Crippen molar-refractivity contribution in [1.82, 2.24) is 0 Å². The number of rotatable bonds is 4. The Morgan fingerprint density at radius 3 is 2.56 bits per heavy atom. The van der Waals surface area contributed by atoms with Gasteiger partial charge in [0.25, 0.3) is 0 Å². The van der Waals surface area contributed by atoms with Crippen LogP contribution >= 0.6 is 0 Å². The number of hydrogen-bond acceptors (Lipinski definition) is 3. The number of ether oxygens (including phenoxy) is 1. The minimum atomic E-state index is -1.02. The highest BCUT2D eigenvalue weighted by molar-refractivity contribution is 5.90. The average Bonchev–Trinajstić information content (AvgIpc) is 3.13. The van der Waals surface area contributed by atoms with Crippen LogP contribution < -0.4 is 0 Å².